The number of nitrogens with one attached hydrogen (secondary N) is 1. The fraction of sp³-hybridized carbons (Fsp3) is 0.355. The summed E-state index contributed by atoms with van der Waals surface area (Å²) in [6.07, 6.45) is 4.35. The molecular formula is C31H26Cl2FN5O3. The van der Waals surface area contributed by atoms with Crippen LogP contribution in [0.15, 0.2) is 42.6 Å². The van der Waals surface area contributed by atoms with Gasteiger partial charge in [0.25, 0.3) is 0 Å². The van der Waals surface area contributed by atoms with Crippen LogP contribution >= 0.6 is 23.2 Å². The number of aromatic carboxylic acids is 1. The van der Waals surface area contributed by atoms with Crippen LogP contribution in [0.1, 0.15) is 64.0 Å². The third kappa shape index (κ3) is 3.38. The number of aryl methyl sites for hydroxylation is 2. The number of pyridine rings is 1. The van der Waals surface area contributed by atoms with Crippen LogP contribution < -0.4 is 5.32 Å². The van der Waals surface area contributed by atoms with E-state index in [1.54, 1.807) is 37.3 Å². The molecule has 42 heavy (non-hydrogen) atoms. The van der Waals surface area contributed by atoms with Crippen LogP contribution in [0.3, 0.4) is 0 Å². The number of benzene rings is 2. The molecule has 8 rings (SSSR count). The van der Waals surface area contributed by atoms with Crippen molar-refractivity contribution in [1.82, 2.24) is 19.4 Å². The van der Waals surface area contributed by atoms with E-state index in [9.17, 15) is 14.7 Å². The predicted octanol–water partition coefficient (Wildman–Crippen LogP) is 6.10. The van der Waals surface area contributed by atoms with E-state index in [0.29, 0.717) is 52.8 Å². The summed E-state index contributed by atoms with van der Waals surface area (Å²) in [6, 6.07) is 10.3. The number of carbonyl (C=O) groups excluding carboxylic acids is 1. The van der Waals surface area contributed by atoms with E-state index in [1.807, 2.05) is 6.07 Å². The fourth-order valence-corrected chi connectivity index (χ4v) is 8.27. The number of amides is 1. The normalized spacial score (nSPS) is 26.4. The number of likely N-dealkylation sites (tertiary alicyclic amines) is 1. The highest BCUT2D eigenvalue weighted by molar-refractivity contribution is 6.31. The van der Waals surface area contributed by atoms with Gasteiger partial charge in [0.1, 0.15) is 11.4 Å². The summed E-state index contributed by atoms with van der Waals surface area (Å²) in [5, 5.41) is 13.1. The second-order valence-electron chi connectivity index (χ2n) is 11.9. The Labute approximate surface area is 250 Å². The van der Waals surface area contributed by atoms with Gasteiger partial charge in [-0.05, 0) is 73.6 Å². The fourth-order valence-electron chi connectivity index (χ4n) is 7.93. The van der Waals surface area contributed by atoms with E-state index >= 15 is 4.39 Å². The molecule has 1 aliphatic carbocycles. The highest BCUT2D eigenvalue weighted by atomic mass is 35.5. The molecule has 4 atom stereocenters. The van der Waals surface area contributed by atoms with Crippen molar-refractivity contribution in [2.24, 2.45) is 5.92 Å². The van der Waals surface area contributed by atoms with Crippen molar-refractivity contribution in [3.63, 3.8) is 0 Å². The summed E-state index contributed by atoms with van der Waals surface area (Å²) < 4.78 is 18.3. The van der Waals surface area contributed by atoms with Crippen LogP contribution in [0.2, 0.25) is 10.2 Å². The third-order valence-electron chi connectivity index (χ3n) is 9.81. The molecule has 1 saturated carbocycles. The summed E-state index contributed by atoms with van der Waals surface area (Å²) in [5.74, 6) is -1.81. The molecule has 2 N–H and O–H groups in total. The first kappa shape index (κ1) is 26.1. The van der Waals surface area contributed by atoms with E-state index in [-0.39, 0.29) is 22.7 Å². The molecule has 8 nitrogen and oxygen atoms in total. The second kappa shape index (κ2) is 8.99. The Morgan fingerprint density at radius 3 is 2.76 bits per heavy atom. The highest BCUT2D eigenvalue weighted by Crippen LogP contribution is 2.64. The minimum atomic E-state index is -1.24. The van der Waals surface area contributed by atoms with Crippen molar-refractivity contribution in [3.8, 4) is 0 Å². The van der Waals surface area contributed by atoms with E-state index in [0.717, 1.165) is 29.7 Å². The van der Waals surface area contributed by atoms with Gasteiger partial charge in [0.15, 0.2) is 11.0 Å². The van der Waals surface area contributed by atoms with Gasteiger partial charge < -0.3 is 15.0 Å². The molecule has 0 unspecified atom stereocenters. The molecule has 3 aliphatic heterocycles. The van der Waals surface area contributed by atoms with Gasteiger partial charge in [0.05, 0.1) is 16.6 Å². The van der Waals surface area contributed by atoms with Gasteiger partial charge in [-0.3, -0.25) is 9.69 Å². The monoisotopic (exact) mass is 605 g/mol. The molecular weight excluding hydrogens is 580 g/mol. The number of carboxylic acids is 1. The predicted molar refractivity (Wildman–Crippen MR) is 156 cm³/mol. The molecule has 1 amide bonds. The standard InChI is InChI=1S/C31H26Cl2FN5O3/c1-14-17(29(40)41)5-7-22-26(14)37-28-23-21(9-11-38(22)28)39(13-15-2-3-15)31(24(23)18-8-10-35-27(33)25(18)34)19-6-4-16(32)12-20(19)36-30(31)42/h4-8,10,12,15,21,23-24H,2-3,9,11,13H2,1H3,(H,36,42)(H,40,41)/t21-,23+,24-,31+/m0/s1. The van der Waals surface area contributed by atoms with Gasteiger partial charge in [-0.25, -0.2) is 19.2 Å². The number of carboxylic acid groups (broad SMARTS) is 1. The number of carbonyl (C=O) groups is 2. The van der Waals surface area contributed by atoms with Gasteiger partial charge in [-0.2, -0.15) is 0 Å². The lowest BCUT2D eigenvalue weighted by Gasteiger charge is -2.40. The van der Waals surface area contributed by atoms with Crippen molar-refractivity contribution in [3.05, 3.63) is 86.7 Å². The summed E-state index contributed by atoms with van der Waals surface area (Å²) >= 11 is 12.7. The zero-order chi connectivity index (χ0) is 29.1. The van der Waals surface area contributed by atoms with E-state index in [1.165, 1.54) is 6.20 Å². The topological polar surface area (TPSA) is 100 Å². The zero-order valence-electron chi connectivity index (χ0n) is 22.6. The average molecular weight is 606 g/mol. The van der Waals surface area contributed by atoms with E-state index in [2.05, 4.69) is 19.8 Å². The van der Waals surface area contributed by atoms with Crippen molar-refractivity contribution in [1.29, 1.82) is 0 Å². The number of rotatable bonds is 4. The molecule has 1 spiro atoms. The van der Waals surface area contributed by atoms with Crippen LogP contribution in [-0.4, -0.2) is 49.0 Å². The molecule has 214 valence electrons. The lowest BCUT2D eigenvalue weighted by atomic mass is 9.70. The van der Waals surface area contributed by atoms with E-state index in [4.69, 9.17) is 28.2 Å². The van der Waals surface area contributed by atoms with Crippen LogP contribution in [0.5, 0.6) is 0 Å². The number of anilines is 1. The summed E-state index contributed by atoms with van der Waals surface area (Å²) in [6.45, 7) is 3.09. The first-order valence-electron chi connectivity index (χ1n) is 14.1. The molecule has 2 fully saturated rings. The third-order valence-corrected chi connectivity index (χ3v) is 10.3. The molecule has 4 aromatic rings. The minimum Gasteiger partial charge on any atom is -0.478 e. The molecule has 0 bridgehead atoms. The molecule has 5 heterocycles. The first-order chi connectivity index (χ1) is 20.2. The van der Waals surface area contributed by atoms with Crippen molar-refractivity contribution >= 4 is 51.8 Å². The molecule has 2 aromatic heterocycles. The Balaban J connectivity index is 1.44. The Morgan fingerprint density at radius 2 is 2.00 bits per heavy atom. The number of hydrogen-bond acceptors (Lipinski definition) is 5. The number of fused-ring (bicyclic) bond motifs is 7. The number of aromatic nitrogens is 3. The lowest BCUT2D eigenvalue weighted by molar-refractivity contribution is -0.128. The SMILES string of the molecule is Cc1c(C(=O)O)ccc2c1nc1n2CC[C@H]2[C@@H]1[C@H](c1ccnc(Cl)c1F)[C@]1(C(=O)Nc3cc(Cl)ccc31)N2CC1CC1. The van der Waals surface area contributed by atoms with Gasteiger partial charge in [0.2, 0.25) is 5.91 Å². The maximum absolute atomic E-state index is 16.1. The maximum atomic E-state index is 16.1. The van der Waals surface area contributed by atoms with Gasteiger partial charge >= 0.3 is 5.97 Å². The summed E-state index contributed by atoms with van der Waals surface area (Å²) in [5.41, 5.74) is 2.66. The number of nitrogens with zero attached hydrogens (tertiary/aromatic N) is 4. The Bertz CT molecular complexity index is 1860. The molecule has 4 aliphatic rings. The average Bonchev–Trinajstić information content (AvgIpc) is 3.53. The zero-order valence-corrected chi connectivity index (χ0v) is 24.1. The summed E-state index contributed by atoms with van der Waals surface area (Å²) in [4.78, 5) is 37.8. The molecule has 11 heteroatoms. The smallest absolute Gasteiger partial charge is 0.336 e. The quantitative estimate of drug-likeness (QED) is 0.273. The van der Waals surface area contributed by atoms with Gasteiger partial charge in [-0.15, -0.1) is 0 Å². The largest absolute Gasteiger partial charge is 0.478 e. The number of halogens is 3. The van der Waals surface area contributed by atoms with Gasteiger partial charge in [-0.1, -0.05) is 29.3 Å². The van der Waals surface area contributed by atoms with Gasteiger partial charge in [0, 0.05) is 53.4 Å². The van der Waals surface area contributed by atoms with Crippen molar-refractivity contribution in [2.45, 2.75) is 56.1 Å². The summed E-state index contributed by atoms with van der Waals surface area (Å²) in [7, 11) is 0. The van der Waals surface area contributed by atoms with Crippen molar-refractivity contribution < 1.29 is 19.1 Å². The lowest BCUT2D eigenvalue weighted by Crippen LogP contribution is -2.53. The maximum Gasteiger partial charge on any atom is 0.336 e. The first-order valence-corrected chi connectivity index (χ1v) is 14.9. The van der Waals surface area contributed by atoms with Crippen LogP contribution in [-0.2, 0) is 16.9 Å². The van der Waals surface area contributed by atoms with Crippen molar-refractivity contribution in [2.75, 3.05) is 11.9 Å². The second-order valence-corrected chi connectivity index (χ2v) is 12.7. The van der Waals surface area contributed by atoms with Crippen LogP contribution in [0.4, 0.5) is 10.1 Å². The Kier molecular flexibility index (Phi) is 5.59. The molecule has 1 saturated heterocycles. The van der Waals surface area contributed by atoms with E-state index < -0.39 is 29.2 Å². The number of hydrogen-bond donors (Lipinski definition) is 2. The Morgan fingerprint density at radius 1 is 1.19 bits per heavy atom. The Hall–Kier alpha value is -3.53. The number of imidazole rings is 1. The highest BCUT2D eigenvalue weighted by Gasteiger charge is 2.69. The van der Waals surface area contributed by atoms with Crippen LogP contribution in [0, 0.1) is 18.7 Å². The molecule has 0 radical (unpaired) electrons. The molecule has 2 aromatic carbocycles. The minimum absolute atomic E-state index is 0.127. The van der Waals surface area contributed by atoms with Crippen LogP contribution in [0.25, 0.3) is 11.0 Å².